The maximum Gasteiger partial charge on any atom is 0.310 e. The van der Waals surface area contributed by atoms with Crippen LogP contribution in [0.15, 0.2) is 52.6 Å². The van der Waals surface area contributed by atoms with Crippen LogP contribution in [0.1, 0.15) is 51.3 Å². The lowest BCUT2D eigenvalue weighted by atomic mass is 10.0. The van der Waals surface area contributed by atoms with Crippen molar-refractivity contribution in [2.24, 2.45) is 5.16 Å². The maximum atomic E-state index is 12.9. The van der Waals surface area contributed by atoms with E-state index in [0.29, 0.717) is 36.2 Å². The second-order valence-electron chi connectivity index (χ2n) is 8.75. The molecule has 0 saturated heterocycles. The summed E-state index contributed by atoms with van der Waals surface area (Å²) in [7, 11) is -3.74. The third kappa shape index (κ3) is 6.53. The summed E-state index contributed by atoms with van der Waals surface area (Å²) in [6, 6.07) is 10.2. The van der Waals surface area contributed by atoms with E-state index in [0.717, 1.165) is 5.71 Å². The highest BCUT2D eigenvalue weighted by Crippen LogP contribution is 2.24. The highest BCUT2D eigenvalue weighted by molar-refractivity contribution is 7.92. The molecule has 0 aliphatic carbocycles. The Balaban J connectivity index is 1.60. The Labute approximate surface area is 189 Å². The number of carbonyl (C=O) groups excluding carboxylic acids is 1. The molecule has 1 N–H and O–H groups in total. The van der Waals surface area contributed by atoms with Gasteiger partial charge in [-0.2, -0.15) is 0 Å². The SMILES string of the molecule is Cc1ccccc1S(=O)(=O)Nc1cccnc1CCC1=NOC(CC(=O)OC(C)(C)C)C1. The van der Waals surface area contributed by atoms with Crippen molar-refractivity contribution >= 4 is 27.4 Å². The van der Waals surface area contributed by atoms with Crippen LogP contribution >= 0.6 is 0 Å². The van der Waals surface area contributed by atoms with Crippen LogP contribution in [0.5, 0.6) is 0 Å². The second kappa shape index (κ2) is 9.68. The molecule has 1 unspecified atom stereocenters. The van der Waals surface area contributed by atoms with Gasteiger partial charge in [-0.15, -0.1) is 0 Å². The molecule has 0 radical (unpaired) electrons. The van der Waals surface area contributed by atoms with Crippen molar-refractivity contribution in [3.05, 3.63) is 53.9 Å². The lowest BCUT2D eigenvalue weighted by Crippen LogP contribution is -2.26. The summed E-state index contributed by atoms with van der Waals surface area (Å²) in [5.74, 6) is -0.323. The molecule has 32 heavy (non-hydrogen) atoms. The summed E-state index contributed by atoms with van der Waals surface area (Å²) in [4.78, 5) is 21.9. The van der Waals surface area contributed by atoms with E-state index in [-0.39, 0.29) is 23.4 Å². The number of hydrogen-bond donors (Lipinski definition) is 1. The van der Waals surface area contributed by atoms with Gasteiger partial charge in [0.15, 0.2) is 0 Å². The van der Waals surface area contributed by atoms with Crippen LogP contribution in [-0.2, 0) is 30.8 Å². The van der Waals surface area contributed by atoms with E-state index in [1.807, 2.05) is 20.8 Å². The Morgan fingerprint density at radius 3 is 2.66 bits per heavy atom. The maximum absolute atomic E-state index is 12.9. The number of nitrogens with zero attached hydrogens (tertiary/aromatic N) is 2. The van der Waals surface area contributed by atoms with Crippen molar-refractivity contribution in [1.82, 2.24) is 4.98 Å². The van der Waals surface area contributed by atoms with E-state index in [9.17, 15) is 13.2 Å². The van der Waals surface area contributed by atoms with Crippen molar-refractivity contribution in [3.63, 3.8) is 0 Å². The molecule has 0 fully saturated rings. The van der Waals surface area contributed by atoms with Crippen LogP contribution in [0.3, 0.4) is 0 Å². The fraction of sp³-hybridized carbons (Fsp3) is 0.435. The average molecular weight is 460 g/mol. The minimum Gasteiger partial charge on any atom is -0.460 e. The van der Waals surface area contributed by atoms with Crippen LogP contribution in [0.2, 0.25) is 0 Å². The first kappa shape index (κ1) is 23.7. The van der Waals surface area contributed by atoms with Crippen molar-refractivity contribution in [2.45, 2.75) is 70.0 Å². The number of sulfonamides is 1. The first-order chi connectivity index (χ1) is 15.0. The fourth-order valence-electron chi connectivity index (χ4n) is 3.36. The molecule has 2 aromatic rings. The van der Waals surface area contributed by atoms with Gasteiger partial charge in [-0.1, -0.05) is 23.4 Å². The van der Waals surface area contributed by atoms with E-state index >= 15 is 0 Å². The lowest BCUT2D eigenvalue weighted by Gasteiger charge is -2.20. The van der Waals surface area contributed by atoms with E-state index < -0.39 is 15.6 Å². The van der Waals surface area contributed by atoms with Gasteiger partial charge < -0.3 is 9.57 Å². The third-order valence-corrected chi connectivity index (χ3v) is 6.30. The molecule has 172 valence electrons. The minimum atomic E-state index is -3.74. The molecule has 9 heteroatoms. The zero-order valence-corrected chi connectivity index (χ0v) is 19.6. The minimum absolute atomic E-state index is 0.134. The Morgan fingerprint density at radius 2 is 1.94 bits per heavy atom. The van der Waals surface area contributed by atoms with Crippen molar-refractivity contribution in [2.75, 3.05) is 4.72 Å². The quantitative estimate of drug-likeness (QED) is 0.598. The largest absolute Gasteiger partial charge is 0.460 e. The number of anilines is 1. The molecule has 1 aliphatic heterocycles. The number of oxime groups is 1. The van der Waals surface area contributed by atoms with Crippen LogP contribution < -0.4 is 4.72 Å². The number of carbonyl (C=O) groups is 1. The van der Waals surface area contributed by atoms with E-state index in [1.165, 1.54) is 0 Å². The Kier molecular flexibility index (Phi) is 7.18. The van der Waals surface area contributed by atoms with E-state index in [4.69, 9.17) is 9.57 Å². The number of pyridine rings is 1. The Bertz CT molecular complexity index is 1110. The van der Waals surface area contributed by atoms with Crippen LogP contribution in [-0.4, -0.2) is 36.8 Å². The molecule has 1 aromatic carbocycles. The van der Waals surface area contributed by atoms with Crippen molar-refractivity contribution < 1.29 is 22.8 Å². The fourth-order valence-corrected chi connectivity index (χ4v) is 4.70. The van der Waals surface area contributed by atoms with Gasteiger partial charge in [0.05, 0.1) is 28.4 Å². The van der Waals surface area contributed by atoms with Crippen LogP contribution in [0.4, 0.5) is 5.69 Å². The number of nitrogens with one attached hydrogen (secondary N) is 1. The molecule has 1 aliphatic rings. The zero-order valence-electron chi connectivity index (χ0n) is 18.8. The molecule has 2 heterocycles. The summed E-state index contributed by atoms with van der Waals surface area (Å²) in [5, 5.41) is 4.09. The van der Waals surface area contributed by atoms with Gasteiger partial charge >= 0.3 is 5.97 Å². The molecule has 0 bridgehead atoms. The summed E-state index contributed by atoms with van der Waals surface area (Å²) >= 11 is 0. The number of benzene rings is 1. The van der Waals surface area contributed by atoms with Crippen molar-refractivity contribution in [1.29, 1.82) is 0 Å². The average Bonchev–Trinajstić information content (AvgIpc) is 3.13. The molecular weight excluding hydrogens is 430 g/mol. The number of rotatable bonds is 8. The van der Waals surface area contributed by atoms with Crippen LogP contribution in [0, 0.1) is 6.92 Å². The Morgan fingerprint density at radius 1 is 1.19 bits per heavy atom. The molecule has 1 aromatic heterocycles. The summed E-state index contributed by atoms with van der Waals surface area (Å²) < 4.78 is 33.7. The normalized spacial score (nSPS) is 16.2. The van der Waals surface area contributed by atoms with E-state index in [2.05, 4.69) is 14.9 Å². The van der Waals surface area contributed by atoms with Gasteiger partial charge in [-0.05, 0) is 64.3 Å². The monoisotopic (exact) mass is 459 g/mol. The number of aromatic nitrogens is 1. The molecular formula is C23H29N3O5S. The number of ether oxygens (including phenoxy) is 1. The topological polar surface area (TPSA) is 107 Å². The van der Waals surface area contributed by atoms with Gasteiger partial charge in [-0.3, -0.25) is 14.5 Å². The number of esters is 1. The first-order valence-corrected chi connectivity index (χ1v) is 12.0. The second-order valence-corrected chi connectivity index (χ2v) is 10.4. The standard InChI is InChI=1S/C23H29N3O5S/c1-16-8-5-6-10-21(16)32(28,29)26-20-9-7-13-24-19(20)12-11-17-14-18(31-25-17)15-22(27)30-23(2,3)4/h5-10,13,18,26H,11-12,14-15H2,1-4H3. The molecule has 1 atom stereocenters. The van der Waals surface area contributed by atoms with Gasteiger partial charge in [0.1, 0.15) is 11.7 Å². The van der Waals surface area contributed by atoms with Gasteiger partial charge in [-0.25, -0.2) is 8.42 Å². The van der Waals surface area contributed by atoms with Gasteiger partial charge in [0, 0.05) is 12.6 Å². The molecule has 0 saturated carbocycles. The van der Waals surface area contributed by atoms with Crippen LogP contribution in [0.25, 0.3) is 0 Å². The summed E-state index contributed by atoms with van der Waals surface area (Å²) in [5.41, 5.74) is 1.97. The highest BCUT2D eigenvalue weighted by atomic mass is 32.2. The molecule has 0 amide bonds. The zero-order chi connectivity index (χ0) is 23.4. The molecule has 0 spiro atoms. The Hall–Kier alpha value is -2.94. The highest BCUT2D eigenvalue weighted by Gasteiger charge is 2.27. The first-order valence-electron chi connectivity index (χ1n) is 10.5. The number of hydrogen-bond acceptors (Lipinski definition) is 7. The molecule has 8 nitrogen and oxygen atoms in total. The summed E-state index contributed by atoms with van der Waals surface area (Å²) in [6.45, 7) is 7.21. The van der Waals surface area contributed by atoms with E-state index in [1.54, 1.807) is 49.5 Å². The molecule has 3 rings (SSSR count). The van der Waals surface area contributed by atoms with Gasteiger partial charge in [0.2, 0.25) is 0 Å². The smallest absolute Gasteiger partial charge is 0.310 e. The third-order valence-electron chi connectivity index (χ3n) is 4.78. The number of aryl methyl sites for hydroxylation is 2. The van der Waals surface area contributed by atoms with Crippen molar-refractivity contribution in [3.8, 4) is 0 Å². The summed E-state index contributed by atoms with van der Waals surface area (Å²) in [6.07, 6.45) is 2.96. The lowest BCUT2D eigenvalue weighted by molar-refractivity contribution is -0.157. The van der Waals surface area contributed by atoms with Gasteiger partial charge in [0.25, 0.3) is 10.0 Å². The predicted molar refractivity (Wildman–Crippen MR) is 122 cm³/mol. The predicted octanol–water partition coefficient (Wildman–Crippen LogP) is 4.00.